The van der Waals surface area contributed by atoms with E-state index in [2.05, 4.69) is 23.5 Å². The molecule has 16 heavy (non-hydrogen) atoms. The highest BCUT2D eigenvalue weighted by Crippen LogP contribution is 2.43. The third kappa shape index (κ3) is 1.97. The second kappa shape index (κ2) is 4.15. The molecule has 0 atom stereocenters. The Bertz CT molecular complexity index is 500. The van der Waals surface area contributed by atoms with Gasteiger partial charge in [-0.15, -0.1) is 11.3 Å². The quantitative estimate of drug-likeness (QED) is 0.876. The predicted molar refractivity (Wildman–Crippen MR) is 69.2 cm³/mol. The van der Waals surface area contributed by atoms with E-state index in [9.17, 15) is 0 Å². The molecule has 1 N–H and O–H groups in total. The van der Waals surface area contributed by atoms with Gasteiger partial charge >= 0.3 is 0 Å². The van der Waals surface area contributed by atoms with Crippen LogP contribution in [0.1, 0.15) is 29.3 Å². The largest absolute Gasteiger partial charge is 0.319 e. The van der Waals surface area contributed by atoms with Gasteiger partial charge in [0.05, 0.1) is 15.2 Å². The highest BCUT2D eigenvalue weighted by molar-refractivity contribution is 7.18. The zero-order valence-corrected chi connectivity index (χ0v) is 10.3. The van der Waals surface area contributed by atoms with E-state index < -0.39 is 0 Å². The van der Waals surface area contributed by atoms with Crippen LogP contribution in [0, 0.1) is 0 Å². The number of hydrogen-bond donors (Lipinski definition) is 1. The molecular formula is C13H16N2S. The van der Waals surface area contributed by atoms with Crippen molar-refractivity contribution in [2.24, 2.45) is 0 Å². The standard InChI is InChI=1S/C13H16N2S/c1-14-7-6-9-2-5-11-12(8-9)16-13(15-11)10-3-4-10/h2,5,8,10,14H,3-4,6-7H2,1H3. The van der Waals surface area contributed by atoms with Crippen molar-refractivity contribution in [3.05, 3.63) is 28.8 Å². The molecule has 2 nitrogen and oxygen atoms in total. The molecule has 0 radical (unpaired) electrons. The van der Waals surface area contributed by atoms with Crippen molar-refractivity contribution in [1.82, 2.24) is 10.3 Å². The summed E-state index contributed by atoms with van der Waals surface area (Å²) < 4.78 is 1.36. The third-order valence-electron chi connectivity index (χ3n) is 3.06. The first-order valence-electron chi connectivity index (χ1n) is 5.91. The first kappa shape index (κ1) is 10.2. The fourth-order valence-corrected chi connectivity index (χ4v) is 3.12. The van der Waals surface area contributed by atoms with Gasteiger partial charge < -0.3 is 5.32 Å². The van der Waals surface area contributed by atoms with Crippen molar-refractivity contribution in [1.29, 1.82) is 0 Å². The normalized spacial score (nSPS) is 15.8. The molecule has 3 heteroatoms. The van der Waals surface area contributed by atoms with Crippen LogP contribution in [0.4, 0.5) is 0 Å². The molecular weight excluding hydrogens is 216 g/mol. The summed E-state index contributed by atoms with van der Waals surface area (Å²) in [5, 5.41) is 4.53. The monoisotopic (exact) mass is 232 g/mol. The minimum Gasteiger partial charge on any atom is -0.319 e. The van der Waals surface area contributed by atoms with Gasteiger partial charge in [-0.25, -0.2) is 4.98 Å². The lowest BCUT2D eigenvalue weighted by Crippen LogP contribution is -2.09. The number of nitrogens with one attached hydrogen (secondary N) is 1. The third-order valence-corrected chi connectivity index (χ3v) is 4.24. The summed E-state index contributed by atoms with van der Waals surface area (Å²) in [6.07, 6.45) is 3.78. The smallest absolute Gasteiger partial charge is 0.0969 e. The van der Waals surface area contributed by atoms with Gasteiger partial charge in [-0.3, -0.25) is 0 Å². The number of likely N-dealkylation sites (N-methyl/N-ethyl adjacent to an activating group) is 1. The topological polar surface area (TPSA) is 24.9 Å². The van der Waals surface area contributed by atoms with Crippen molar-refractivity contribution >= 4 is 21.6 Å². The second-order valence-corrected chi connectivity index (χ2v) is 5.54. The number of nitrogens with zero attached hydrogens (tertiary/aromatic N) is 1. The van der Waals surface area contributed by atoms with Crippen molar-refractivity contribution in [3.8, 4) is 0 Å². The van der Waals surface area contributed by atoms with E-state index in [1.54, 1.807) is 0 Å². The molecule has 2 aromatic rings. The molecule has 1 aromatic carbocycles. The maximum absolute atomic E-state index is 4.70. The predicted octanol–water partition coefficient (Wildman–Crippen LogP) is 2.94. The Balaban J connectivity index is 1.90. The Morgan fingerprint density at radius 3 is 3.06 bits per heavy atom. The van der Waals surface area contributed by atoms with Crippen molar-refractivity contribution in [2.45, 2.75) is 25.2 Å². The highest BCUT2D eigenvalue weighted by atomic mass is 32.1. The fourth-order valence-electron chi connectivity index (χ4n) is 1.92. The molecule has 0 spiro atoms. The van der Waals surface area contributed by atoms with Crippen LogP contribution in [0.5, 0.6) is 0 Å². The summed E-state index contributed by atoms with van der Waals surface area (Å²) in [6.45, 7) is 1.04. The van der Waals surface area contributed by atoms with Gasteiger partial charge in [0.15, 0.2) is 0 Å². The number of fused-ring (bicyclic) bond motifs is 1. The number of hydrogen-bond acceptors (Lipinski definition) is 3. The van der Waals surface area contributed by atoms with Crippen LogP contribution in [0.15, 0.2) is 18.2 Å². The first-order valence-corrected chi connectivity index (χ1v) is 6.72. The number of thiazole rings is 1. The lowest BCUT2D eigenvalue weighted by Gasteiger charge is -1.99. The van der Waals surface area contributed by atoms with Crippen LogP contribution < -0.4 is 5.32 Å². The van der Waals surface area contributed by atoms with Crippen molar-refractivity contribution in [2.75, 3.05) is 13.6 Å². The van der Waals surface area contributed by atoms with E-state index >= 15 is 0 Å². The second-order valence-electron chi connectivity index (χ2n) is 4.48. The Kier molecular flexibility index (Phi) is 2.65. The van der Waals surface area contributed by atoms with Gasteiger partial charge in [-0.2, -0.15) is 0 Å². The Morgan fingerprint density at radius 2 is 2.31 bits per heavy atom. The summed E-state index contributed by atoms with van der Waals surface area (Å²) in [7, 11) is 2.00. The summed E-state index contributed by atoms with van der Waals surface area (Å²) in [5.74, 6) is 0.776. The molecule has 1 aliphatic rings. The molecule has 1 saturated carbocycles. The molecule has 84 valence electrons. The fraction of sp³-hybridized carbons (Fsp3) is 0.462. The van der Waals surface area contributed by atoms with Gasteiger partial charge in [-0.1, -0.05) is 6.07 Å². The molecule has 3 rings (SSSR count). The molecule has 0 unspecified atom stereocenters. The summed E-state index contributed by atoms with van der Waals surface area (Å²) in [6, 6.07) is 6.68. The molecule has 1 heterocycles. The summed E-state index contributed by atoms with van der Waals surface area (Å²) in [4.78, 5) is 4.70. The molecule has 1 aliphatic carbocycles. The molecule has 0 saturated heterocycles. The van der Waals surface area contributed by atoms with Crippen LogP contribution >= 0.6 is 11.3 Å². The first-order chi connectivity index (χ1) is 7.86. The summed E-state index contributed by atoms with van der Waals surface area (Å²) in [5.41, 5.74) is 2.59. The molecule has 0 amide bonds. The Hall–Kier alpha value is -0.930. The van der Waals surface area contributed by atoms with E-state index in [0.29, 0.717) is 0 Å². The van der Waals surface area contributed by atoms with Crippen LogP contribution in [-0.4, -0.2) is 18.6 Å². The van der Waals surface area contributed by atoms with Gasteiger partial charge in [0.25, 0.3) is 0 Å². The van der Waals surface area contributed by atoms with Gasteiger partial charge in [-0.05, 0) is 50.6 Å². The van der Waals surface area contributed by atoms with E-state index in [0.717, 1.165) is 18.9 Å². The van der Waals surface area contributed by atoms with Gasteiger partial charge in [0, 0.05) is 5.92 Å². The Morgan fingerprint density at radius 1 is 1.44 bits per heavy atom. The number of rotatable bonds is 4. The summed E-state index contributed by atoms with van der Waals surface area (Å²) >= 11 is 1.88. The van der Waals surface area contributed by atoms with Crippen molar-refractivity contribution in [3.63, 3.8) is 0 Å². The maximum Gasteiger partial charge on any atom is 0.0969 e. The zero-order valence-electron chi connectivity index (χ0n) is 9.49. The van der Waals surface area contributed by atoms with Crippen LogP contribution in [0.2, 0.25) is 0 Å². The van der Waals surface area contributed by atoms with Crippen LogP contribution in [0.25, 0.3) is 10.2 Å². The van der Waals surface area contributed by atoms with E-state index in [1.165, 1.54) is 33.6 Å². The lowest BCUT2D eigenvalue weighted by atomic mass is 10.1. The lowest BCUT2D eigenvalue weighted by molar-refractivity contribution is 0.792. The van der Waals surface area contributed by atoms with E-state index in [4.69, 9.17) is 4.98 Å². The average molecular weight is 232 g/mol. The van der Waals surface area contributed by atoms with Crippen LogP contribution in [0.3, 0.4) is 0 Å². The van der Waals surface area contributed by atoms with Crippen LogP contribution in [-0.2, 0) is 6.42 Å². The van der Waals surface area contributed by atoms with Crippen molar-refractivity contribution < 1.29 is 0 Å². The maximum atomic E-state index is 4.70. The van der Waals surface area contributed by atoms with Gasteiger partial charge in [0.1, 0.15) is 0 Å². The number of aromatic nitrogens is 1. The van der Waals surface area contributed by atoms with Gasteiger partial charge in [0.2, 0.25) is 0 Å². The minimum absolute atomic E-state index is 0.776. The average Bonchev–Trinajstić information content (AvgIpc) is 3.06. The molecule has 0 bridgehead atoms. The molecule has 1 fully saturated rings. The Labute approximate surface area is 99.7 Å². The SMILES string of the molecule is CNCCc1ccc2nc(C3CC3)sc2c1. The van der Waals surface area contributed by atoms with E-state index in [1.807, 2.05) is 18.4 Å². The zero-order chi connectivity index (χ0) is 11.0. The van der Waals surface area contributed by atoms with E-state index in [-0.39, 0.29) is 0 Å². The minimum atomic E-state index is 0.776. The molecule has 1 aromatic heterocycles. The number of benzene rings is 1. The highest BCUT2D eigenvalue weighted by Gasteiger charge is 2.26. The molecule has 0 aliphatic heterocycles.